The zero-order chi connectivity index (χ0) is 29.0. The third-order valence-electron chi connectivity index (χ3n) is 10.4. The van der Waals surface area contributed by atoms with Gasteiger partial charge in [-0.05, 0) is 118 Å². The average Bonchev–Trinajstić information content (AvgIpc) is 3.33. The van der Waals surface area contributed by atoms with E-state index in [9.17, 15) is 9.59 Å². The Morgan fingerprint density at radius 3 is 1.95 bits per heavy atom. The van der Waals surface area contributed by atoms with Gasteiger partial charge in [0.15, 0.2) is 0 Å². The Kier molecular flexibility index (Phi) is 6.79. The van der Waals surface area contributed by atoms with Gasteiger partial charge in [0.25, 0.3) is 5.91 Å². The molecule has 8 rings (SSSR count). The van der Waals surface area contributed by atoms with Gasteiger partial charge in [0.1, 0.15) is 5.75 Å². The molecule has 0 radical (unpaired) electrons. The van der Waals surface area contributed by atoms with Crippen LogP contribution in [0.1, 0.15) is 60.1 Å². The van der Waals surface area contributed by atoms with Gasteiger partial charge in [0.05, 0.1) is 18.4 Å². The summed E-state index contributed by atoms with van der Waals surface area (Å²) in [5, 5.41) is 3.51. The SMILES string of the molecule is COc1ccc(-c2cc(C(=O)N3CCN(C(=O)NC45CC6CC(CC(C6)C4)C5)CC3)c(C)n2-c2ccc(C)cc2)cc1. The number of carbonyl (C=O) groups is 2. The Bertz CT molecular complexity index is 1450. The number of rotatable bonds is 5. The Hall–Kier alpha value is -3.74. The second-order valence-corrected chi connectivity index (χ2v) is 13.3. The monoisotopic (exact) mass is 566 g/mol. The lowest BCUT2D eigenvalue weighted by Crippen LogP contribution is -2.63. The number of aryl methyl sites for hydroxylation is 1. The van der Waals surface area contributed by atoms with Crippen LogP contribution in [0.25, 0.3) is 16.9 Å². The Labute approximate surface area is 248 Å². The van der Waals surface area contributed by atoms with Crippen molar-refractivity contribution in [2.75, 3.05) is 33.3 Å². The van der Waals surface area contributed by atoms with E-state index in [1.807, 2.05) is 47.1 Å². The van der Waals surface area contributed by atoms with Crippen molar-refractivity contribution in [1.29, 1.82) is 0 Å². The molecule has 0 atom stereocenters. The van der Waals surface area contributed by atoms with Crippen molar-refractivity contribution in [2.24, 2.45) is 17.8 Å². The number of aromatic nitrogens is 1. The quantitative estimate of drug-likeness (QED) is 0.400. The summed E-state index contributed by atoms with van der Waals surface area (Å²) < 4.78 is 7.54. The van der Waals surface area contributed by atoms with E-state index in [0.29, 0.717) is 31.7 Å². The minimum Gasteiger partial charge on any atom is -0.497 e. The van der Waals surface area contributed by atoms with E-state index >= 15 is 0 Å². The second-order valence-electron chi connectivity index (χ2n) is 13.3. The molecule has 2 heterocycles. The lowest BCUT2D eigenvalue weighted by Gasteiger charge is -2.57. The van der Waals surface area contributed by atoms with E-state index in [1.54, 1.807) is 7.11 Å². The molecule has 3 aromatic rings. The van der Waals surface area contributed by atoms with Gasteiger partial charge in [-0.25, -0.2) is 4.79 Å². The highest BCUT2D eigenvalue weighted by molar-refractivity contribution is 5.97. The molecule has 5 aliphatic rings. The molecule has 1 aromatic heterocycles. The Morgan fingerprint density at radius 1 is 0.810 bits per heavy atom. The summed E-state index contributed by atoms with van der Waals surface area (Å²) in [6.07, 6.45) is 7.54. The van der Waals surface area contributed by atoms with Gasteiger partial charge >= 0.3 is 6.03 Å². The molecule has 7 heteroatoms. The standard InChI is InChI=1S/C35H42N4O3/c1-23-4-8-29(9-5-23)39-24(2)31(19-32(39)28-6-10-30(42-3)11-7-28)33(40)37-12-14-38(15-13-37)34(41)36-35-20-25-16-26(21-35)18-27(17-25)22-35/h4-11,19,25-27H,12-18,20-22H2,1-3H3,(H,36,41). The fraction of sp³-hybridized carbons (Fsp3) is 0.486. The molecule has 7 nitrogen and oxygen atoms in total. The van der Waals surface area contributed by atoms with Crippen LogP contribution in [0.15, 0.2) is 54.6 Å². The minimum atomic E-state index is 0.00659. The molecule has 4 aliphatic carbocycles. The molecule has 1 N–H and O–H groups in total. The molecular formula is C35H42N4O3. The van der Waals surface area contributed by atoms with Crippen LogP contribution in [-0.2, 0) is 0 Å². The smallest absolute Gasteiger partial charge is 0.317 e. The zero-order valence-electron chi connectivity index (χ0n) is 25.1. The van der Waals surface area contributed by atoms with Crippen LogP contribution in [0.2, 0.25) is 0 Å². The minimum absolute atomic E-state index is 0.00659. The van der Waals surface area contributed by atoms with Crippen LogP contribution < -0.4 is 10.1 Å². The predicted molar refractivity (Wildman–Crippen MR) is 164 cm³/mol. The van der Waals surface area contributed by atoms with Crippen molar-refractivity contribution in [3.63, 3.8) is 0 Å². The molecule has 42 heavy (non-hydrogen) atoms. The first-order valence-corrected chi connectivity index (χ1v) is 15.6. The van der Waals surface area contributed by atoms with Crippen molar-refractivity contribution in [3.05, 3.63) is 71.4 Å². The van der Waals surface area contributed by atoms with Gasteiger partial charge in [-0.2, -0.15) is 0 Å². The van der Waals surface area contributed by atoms with Gasteiger partial charge in [0, 0.05) is 43.1 Å². The van der Waals surface area contributed by atoms with Gasteiger partial charge in [0.2, 0.25) is 0 Å². The molecule has 1 aliphatic heterocycles. The van der Waals surface area contributed by atoms with Crippen LogP contribution >= 0.6 is 0 Å². The summed E-state index contributed by atoms with van der Waals surface area (Å²) in [5.74, 6) is 3.21. The molecular weight excluding hydrogens is 524 g/mol. The highest BCUT2D eigenvalue weighted by Crippen LogP contribution is 2.55. The summed E-state index contributed by atoms with van der Waals surface area (Å²) in [7, 11) is 1.66. The van der Waals surface area contributed by atoms with Gasteiger partial charge in [-0.1, -0.05) is 17.7 Å². The molecule has 1 saturated heterocycles. The van der Waals surface area contributed by atoms with E-state index in [4.69, 9.17) is 4.74 Å². The zero-order valence-corrected chi connectivity index (χ0v) is 25.1. The van der Waals surface area contributed by atoms with Gasteiger partial charge in [-0.3, -0.25) is 4.79 Å². The maximum absolute atomic E-state index is 14.0. The van der Waals surface area contributed by atoms with Crippen LogP contribution in [0.4, 0.5) is 4.79 Å². The average molecular weight is 567 g/mol. The fourth-order valence-corrected chi connectivity index (χ4v) is 8.68. The lowest BCUT2D eigenvalue weighted by molar-refractivity contribution is -0.0164. The Balaban J connectivity index is 1.08. The van der Waals surface area contributed by atoms with Crippen LogP contribution in [0, 0.1) is 31.6 Å². The summed E-state index contributed by atoms with van der Waals surface area (Å²) in [6, 6.07) is 18.5. The number of nitrogens with one attached hydrogen (secondary N) is 1. The first-order chi connectivity index (χ1) is 20.3. The summed E-state index contributed by atoms with van der Waals surface area (Å²) >= 11 is 0. The van der Waals surface area contributed by atoms with Crippen molar-refractivity contribution < 1.29 is 14.3 Å². The Morgan fingerprint density at radius 2 is 1.38 bits per heavy atom. The summed E-state index contributed by atoms with van der Waals surface area (Å²) in [6.45, 7) is 6.31. The maximum Gasteiger partial charge on any atom is 0.317 e. The molecule has 2 aromatic carbocycles. The second kappa shape index (κ2) is 10.5. The van der Waals surface area contributed by atoms with E-state index < -0.39 is 0 Å². The molecule has 220 valence electrons. The largest absolute Gasteiger partial charge is 0.497 e. The topological polar surface area (TPSA) is 66.8 Å². The number of hydrogen-bond acceptors (Lipinski definition) is 3. The maximum atomic E-state index is 14.0. The van der Waals surface area contributed by atoms with Crippen molar-refractivity contribution in [2.45, 2.75) is 57.9 Å². The number of ether oxygens (including phenoxy) is 1. The van der Waals surface area contributed by atoms with Gasteiger partial charge < -0.3 is 24.4 Å². The van der Waals surface area contributed by atoms with Gasteiger partial charge in [-0.15, -0.1) is 0 Å². The first kappa shape index (κ1) is 27.1. The number of methoxy groups -OCH3 is 1. The summed E-state index contributed by atoms with van der Waals surface area (Å²) in [5.41, 5.74) is 5.82. The molecule has 0 spiro atoms. The highest BCUT2D eigenvalue weighted by Gasteiger charge is 2.52. The fourth-order valence-electron chi connectivity index (χ4n) is 8.68. The van der Waals surface area contributed by atoms with Crippen molar-refractivity contribution in [1.82, 2.24) is 19.7 Å². The number of carbonyl (C=O) groups excluding carboxylic acids is 2. The first-order valence-electron chi connectivity index (χ1n) is 15.6. The third-order valence-corrected chi connectivity index (χ3v) is 10.4. The molecule has 0 unspecified atom stereocenters. The van der Waals surface area contributed by atoms with Crippen LogP contribution in [0.3, 0.4) is 0 Å². The molecule has 3 amide bonds. The van der Waals surface area contributed by atoms with Crippen LogP contribution in [-0.4, -0.2) is 65.1 Å². The number of piperazine rings is 1. The van der Waals surface area contributed by atoms with Crippen molar-refractivity contribution in [3.8, 4) is 22.7 Å². The number of nitrogens with zero attached hydrogens (tertiary/aromatic N) is 3. The lowest BCUT2D eigenvalue weighted by atomic mass is 9.53. The van der Waals surface area contributed by atoms with E-state index in [-0.39, 0.29) is 17.5 Å². The number of amides is 3. The molecule has 4 bridgehead atoms. The third kappa shape index (κ3) is 4.87. The van der Waals surface area contributed by atoms with Crippen LogP contribution in [0.5, 0.6) is 5.75 Å². The summed E-state index contributed by atoms with van der Waals surface area (Å²) in [4.78, 5) is 31.2. The molecule has 5 fully saturated rings. The normalized spacial score (nSPS) is 26.4. The van der Waals surface area contributed by atoms with E-state index in [2.05, 4.69) is 41.1 Å². The molecule has 4 saturated carbocycles. The van der Waals surface area contributed by atoms with E-state index in [0.717, 1.165) is 65.4 Å². The highest BCUT2D eigenvalue weighted by atomic mass is 16.5. The van der Waals surface area contributed by atoms with Crippen molar-refractivity contribution >= 4 is 11.9 Å². The van der Waals surface area contributed by atoms with E-state index in [1.165, 1.54) is 24.8 Å². The number of benzene rings is 2. The predicted octanol–water partition coefficient (Wildman–Crippen LogP) is 6.21. The number of hydrogen-bond donors (Lipinski definition) is 1. The number of urea groups is 1.